The molecule has 0 saturated heterocycles. The summed E-state index contributed by atoms with van der Waals surface area (Å²) >= 11 is 3.25. The summed E-state index contributed by atoms with van der Waals surface area (Å²) in [7, 11) is 0. The van der Waals surface area contributed by atoms with E-state index in [1.807, 2.05) is 0 Å². The second-order valence-electron chi connectivity index (χ2n) is 4.09. The molecular weight excluding hydrogens is 341 g/mol. The van der Waals surface area contributed by atoms with Gasteiger partial charge in [0.15, 0.2) is 0 Å². The Balaban J connectivity index is 1.67. The molecule has 3 aromatic rings. The number of nitrogens with one attached hydrogen (secondary N) is 1. The van der Waals surface area contributed by atoms with Crippen LogP contribution in [0, 0.1) is 5.82 Å². The Morgan fingerprint density at radius 3 is 2.52 bits per heavy atom. The molecule has 0 radical (unpaired) electrons. The molecule has 2 heterocycles. The van der Waals surface area contributed by atoms with E-state index in [0.717, 1.165) is 10.2 Å². The number of halogens is 2. The van der Waals surface area contributed by atoms with E-state index in [9.17, 15) is 4.39 Å². The van der Waals surface area contributed by atoms with Gasteiger partial charge in [-0.15, -0.1) is 10.2 Å². The molecule has 1 N–H and O–H groups in total. The van der Waals surface area contributed by atoms with Crippen LogP contribution in [0.1, 0.15) is 5.89 Å². The maximum absolute atomic E-state index is 12.8. The second-order valence-corrected chi connectivity index (χ2v) is 5.00. The van der Waals surface area contributed by atoms with E-state index in [4.69, 9.17) is 4.42 Å². The first-order valence-electron chi connectivity index (χ1n) is 6.00. The zero-order valence-electron chi connectivity index (χ0n) is 10.6. The normalized spacial score (nSPS) is 10.6. The van der Waals surface area contributed by atoms with E-state index in [1.165, 1.54) is 12.1 Å². The summed E-state index contributed by atoms with van der Waals surface area (Å²) in [6, 6.07) is 6.00. The first-order valence-corrected chi connectivity index (χ1v) is 6.80. The molecule has 0 atom stereocenters. The molecule has 0 bridgehead atoms. The number of aromatic nitrogens is 4. The number of anilines is 1. The van der Waals surface area contributed by atoms with Gasteiger partial charge in [-0.05, 0) is 40.2 Å². The third-order valence-corrected chi connectivity index (χ3v) is 2.98. The van der Waals surface area contributed by atoms with Crippen molar-refractivity contribution in [2.24, 2.45) is 0 Å². The number of hydrogen-bond donors (Lipinski definition) is 1. The first kappa shape index (κ1) is 13.6. The summed E-state index contributed by atoms with van der Waals surface area (Å²) in [5.41, 5.74) is 0.760. The average molecular weight is 350 g/mol. The minimum Gasteiger partial charge on any atom is -0.416 e. The van der Waals surface area contributed by atoms with Gasteiger partial charge in [0.2, 0.25) is 11.7 Å². The maximum Gasteiger partial charge on any atom is 0.285 e. The van der Waals surface area contributed by atoms with Crippen molar-refractivity contribution in [1.82, 2.24) is 20.2 Å². The summed E-state index contributed by atoms with van der Waals surface area (Å²) in [4.78, 5) is 8.15. The lowest BCUT2D eigenvalue weighted by Crippen LogP contribution is -1.99. The van der Waals surface area contributed by atoms with Gasteiger partial charge in [-0.2, -0.15) is 0 Å². The summed E-state index contributed by atoms with van der Waals surface area (Å²) in [5, 5.41) is 10.8. The molecule has 0 spiro atoms. The predicted octanol–water partition coefficient (Wildman–Crippen LogP) is 3.04. The van der Waals surface area contributed by atoms with Gasteiger partial charge in [0.05, 0.1) is 11.0 Å². The van der Waals surface area contributed by atoms with E-state index in [-0.39, 0.29) is 11.7 Å². The molecule has 0 amide bonds. The van der Waals surface area contributed by atoms with Gasteiger partial charge in [-0.3, -0.25) is 0 Å². The lowest BCUT2D eigenvalue weighted by atomic mass is 10.3. The van der Waals surface area contributed by atoms with Crippen molar-refractivity contribution in [2.75, 3.05) is 5.32 Å². The lowest BCUT2D eigenvalue weighted by molar-refractivity contribution is 0.511. The van der Waals surface area contributed by atoms with Crippen molar-refractivity contribution in [3.63, 3.8) is 0 Å². The SMILES string of the molecule is Fc1ccc(NCc2nnc(-c3ncc(Br)cn3)o2)cc1. The molecule has 2 aromatic heterocycles. The quantitative estimate of drug-likeness (QED) is 0.779. The van der Waals surface area contributed by atoms with Crippen LogP contribution in [0.25, 0.3) is 11.7 Å². The number of benzene rings is 1. The Labute approximate surface area is 127 Å². The molecule has 0 fully saturated rings. The lowest BCUT2D eigenvalue weighted by Gasteiger charge is -2.02. The van der Waals surface area contributed by atoms with Crippen LogP contribution < -0.4 is 5.32 Å². The van der Waals surface area contributed by atoms with Crippen molar-refractivity contribution in [3.8, 4) is 11.7 Å². The topological polar surface area (TPSA) is 76.7 Å². The number of rotatable bonds is 4. The Morgan fingerprint density at radius 1 is 1.10 bits per heavy atom. The highest BCUT2D eigenvalue weighted by Gasteiger charge is 2.10. The third-order valence-electron chi connectivity index (χ3n) is 2.57. The van der Waals surface area contributed by atoms with Gasteiger partial charge in [-0.1, -0.05) is 0 Å². The zero-order chi connectivity index (χ0) is 14.7. The van der Waals surface area contributed by atoms with E-state index in [1.54, 1.807) is 24.5 Å². The molecule has 106 valence electrons. The highest BCUT2D eigenvalue weighted by molar-refractivity contribution is 9.10. The minimum atomic E-state index is -0.284. The van der Waals surface area contributed by atoms with Gasteiger partial charge in [0.1, 0.15) is 5.82 Å². The Kier molecular flexibility index (Phi) is 3.87. The zero-order valence-corrected chi connectivity index (χ0v) is 12.2. The van der Waals surface area contributed by atoms with Crippen LogP contribution in [0.5, 0.6) is 0 Å². The molecule has 0 aliphatic rings. The third kappa shape index (κ3) is 3.40. The van der Waals surface area contributed by atoms with Gasteiger partial charge < -0.3 is 9.73 Å². The molecule has 21 heavy (non-hydrogen) atoms. The van der Waals surface area contributed by atoms with Crippen LogP contribution >= 0.6 is 15.9 Å². The summed E-state index contributed by atoms with van der Waals surface area (Å²) in [6.45, 7) is 0.329. The van der Waals surface area contributed by atoms with Gasteiger partial charge in [0, 0.05) is 18.1 Å². The largest absolute Gasteiger partial charge is 0.416 e. The van der Waals surface area contributed by atoms with Crippen molar-refractivity contribution in [3.05, 3.63) is 52.8 Å². The fourth-order valence-corrected chi connectivity index (χ4v) is 1.79. The van der Waals surface area contributed by atoms with Crippen LogP contribution in [-0.2, 0) is 6.54 Å². The monoisotopic (exact) mass is 349 g/mol. The van der Waals surface area contributed by atoms with Gasteiger partial charge >= 0.3 is 0 Å². The molecule has 0 saturated carbocycles. The van der Waals surface area contributed by atoms with E-state index < -0.39 is 0 Å². The number of hydrogen-bond acceptors (Lipinski definition) is 6. The van der Waals surface area contributed by atoms with Crippen LogP contribution in [0.4, 0.5) is 10.1 Å². The van der Waals surface area contributed by atoms with E-state index in [0.29, 0.717) is 18.3 Å². The van der Waals surface area contributed by atoms with Gasteiger partial charge in [-0.25, -0.2) is 14.4 Å². The molecule has 8 heteroatoms. The standard InChI is InChI=1S/C13H9BrFN5O/c14-8-5-17-12(18-6-8)13-20-19-11(21-13)7-16-10-3-1-9(15)2-4-10/h1-6,16H,7H2. The van der Waals surface area contributed by atoms with Gasteiger partial charge in [0.25, 0.3) is 5.89 Å². The number of nitrogens with zero attached hydrogens (tertiary/aromatic N) is 4. The molecule has 0 aliphatic carbocycles. The summed E-state index contributed by atoms with van der Waals surface area (Å²) < 4.78 is 19.0. The molecular formula is C13H9BrFN5O. The Morgan fingerprint density at radius 2 is 1.81 bits per heavy atom. The molecule has 0 aliphatic heterocycles. The van der Waals surface area contributed by atoms with Crippen LogP contribution in [0.2, 0.25) is 0 Å². The Hall–Kier alpha value is -2.35. The van der Waals surface area contributed by atoms with E-state index in [2.05, 4.69) is 41.4 Å². The van der Waals surface area contributed by atoms with Crippen LogP contribution in [0.15, 0.2) is 45.5 Å². The maximum atomic E-state index is 12.8. The van der Waals surface area contributed by atoms with Crippen LogP contribution in [-0.4, -0.2) is 20.2 Å². The van der Waals surface area contributed by atoms with E-state index >= 15 is 0 Å². The van der Waals surface area contributed by atoms with Crippen molar-refractivity contribution < 1.29 is 8.81 Å². The fourth-order valence-electron chi connectivity index (χ4n) is 1.58. The highest BCUT2D eigenvalue weighted by Crippen LogP contribution is 2.15. The fraction of sp³-hybridized carbons (Fsp3) is 0.0769. The molecule has 6 nitrogen and oxygen atoms in total. The summed E-state index contributed by atoms with van der Waals surface area (Å²) in [5.74, 6) is 0.714. The summed E-state index contributed by atoms with van der Waals surface area (Å²) in [6.07, 6.45) is 3.20. The van der Waals surface area contributed by atoms with Crippen LogP contribution in [0.3, 0.4) is 0 Å². The molecule has 0 unspecified atom stereocenters. The highest BCUT2D eigenvalue weighted by atomic mass is 79.9. The minimum absolute atomic E-state index is 0.249. The molecule has 3 rings (SSSR count). The van der Waals surface area contributed by atoms with Crippen molar-refractivity contribution >= 4 is 21.6 Å². The van der Waals surface area contributed by atoms with Crippen molar-refractivity contribution in [2.45, 2.75) is 6.54 Å². The average Bonchev–Trinajstić information content (AvgIpc) is 2.96. The van der Waals surface area contributed by atoms with Crippen molar-refractivity contribution in [1.29, 1.82) is 0 Å². The smallest absolute Gasteiger partial charge is 0.285 e. The first-order chi connectivity index (χ1) is 10.2. The Bertz CT molecular complexity index is 729. The second kappa shape index (κ2) is 5.96. The molecule has 1 aromatic carbocycles. The predicted molar refractivity (Wildman–Crippen MR) is 76.8 cm³/mol.